The molecule has 78 valence electrons. The third-order valence-corrected chi connectivity index (χ3v) is 2.71. The van der Waals surface area contributed by atoms with E-state index in [1.165, 1.54) is 0 Å². The van der Waals surface area contributed by atoms with Crippen molar-refractivity contribution in [3.05, 3.63) is 0 Å². The maximum absolute atomic E-state index is 11.2. The Morgan fingerprint density at radius 1 is 1.31 bits per heavy atom. The Morgan fingerprint density at radius 2 is 2.00 bits per heavy atom. The van der Waals surface area contributed by atoms with E-state index < -0.39 is 7.80 Å². The molecule has 0 aliphatic carbocycles. The normalized spacial score (nSPS) is 12.5. The van der Waals surface area contributed by atoms with E-state index in [0.29, 0.717) is 19.4 Å². The molecule has 0 amide bonds. The van der Waals surface area contributed by atoms with Crippen molar-refractivity contribution in [1.29, 1.82) is 0 Å². The molecule has 0 radical (unpaired) electrons. The summed E-state index contributed by atoms with van der Waals surface area (Å²) in [7, 11) is -1.74. The standard InChI is InChI=1S/C8H17O4P/c1-3-11-7-13(10)6-5-8(9)12-4-2/h13H,3-7H2,1-2H3. The molecule has 0 spiro atoms. The van der Waals surface area contributed by atoms with Gasteiger partial charge < -0.3 is 14.0 Å². The fourth-order valence-electron chi connectivity index (χ4n) is 0.763. The average molecular weight is 208 g/mol. The van der Waals surface area contributed by atoms with E-state index >= 15 is 0 Å². The first-order valence-electron chi connectivity index (χ1n) is 4.45. The summed E-state index contributed by atoms with van der Waals surface area (Å²) in [5.41, 5.74) is 0. The van der Waals surface area contributed by atoms with Crippen LogP contribution in [0.4, 0.5) is 0 Å². The summed E-state index contributed by atoms with van der Waals surface area (Å²) in [6.45, 7) is 4.54. The zero-order valence-corrected chi connectivity index (χ0v) is 9.17. The van der Waals surface area contributed by atoms with Crippen LogP contribution in [-0.2, 0) is 18.8 Å². The maximum atomic E-state index is 11.2. The highest BCUT2D eigenvalue weighted by Gasteiger charge is 2.05. The summed E-state index contributed by atoms with van der Waals surface area (Å²) in [4.78, 5) is 10.8. The number of rotatable bonds is 7. The average Bonchev–Trinajstić information content (AvgIpc) is 2.12. The third kappa shape index (κ3) is 8.00. The van der Waals surface area contributed by atoms with E-state index in [-0.39, 0.29) is 18.7 Å². The Balaban J connectivity index is 3.40. The van der Waals surface area contributed by atoms with E-state index in [1.54, 1.807) is 6.92 Å². The zero-order chi connectivity index (χ0) is 10.1. The van der Waals surface area contributed by atoms with Gasteiger partial charge in [0.1, 0.15) is 7.80 Å². The molecule has 0 bridgehead atoms. The number of carbonyl (C=O) groups excluding carboxylic acids is 1. The van der Waals surface area contributed by atoms with Crippen molar-refractivity contribution in [2.45, 2.75) is 20.3 Å². The number of esters is 1. The van der Waals surface area contributed by atoms with Gasteiger partial charge in [0, 0.05) is 12.8 Å². The summed E-state index contributed by atoms with van der Waals surface area (Å²) in [5, 5.41) is 0. The minimum Gasteiger partial charge on any atom is -0.466 e. The van der Waals surface area contributed by atoms with Gasteiger partial charge in [-0.25, -0.2) is 0 Å². The van der Waals surface area contributed by atoms with Crippen LogP contribution in [0.2, 0.25) is 0 Å². The van der Waals surface area contributed by atoms with Crippen LogP contribution in [0.15, 0.2) is 0 Å². The van der Waals surface area contributed by atoms with Gasteiger partial charge in [-0.05, 0) is 13.8 Å². The van der Waals surface area contributed by atoms with Crippen LogP contribution in [0.3, 0.4) is 0 Å². The molecular weight excluding hydrogens is 191 g/mol. The molecule has 1 unspecified atom stereocenters. The molecule has 13 heavy (non-hydrogen) atoms. The molecule has 0 aromatic carbocycles. The molecule has 0 N–H and O–H groups in total. The van der Waals surface area contributed by atoms with Crippen molar-refractivity contribution in [3.8, 4) is 0 Å². The first kappa shape index (κ1) is 12.7. The van der Waals surface area contributed by atoms with Crippen molar-refractivity contribution in [3.63, 3.8) is 0 Å². The van der Waals surface area contributed by atoms with Gasteiger partial charge in [-0.3, -0.25) is 4.79 Å². The lowest BCUT2D eigenvalue weighted by molar-refractivity contribution is -0.142. The quantitative estimate of drug-likeness (QED) is 0.470. The second kappa shape index (κ2) is 8.27. The van der Waals surface area contributed by atoms with Crippen molar-refractivity contribution < 1.29 is 18.8 Å². The van der Waals surface area contributed by atoms with Gasteiger partial charge in [-0.1, -0.05) is 0 Å². The van der Waals surface area contributed by atoms with Crippen LogP contribution >= 0.6 is 7.80 Å². The van der Waals surface area contributed by atoms with Crippen molar-refractivity contribution in [2.75, 3.05) is 25.7 Å². The van der Waals surface area contributed by atoms with E-state index in [2.05, 4.69) is 0 Å². The van der Waals surface area contributed by atoms with Gasteiger partial charge >= 0.3 is 5.97 Å². The minimum atomic E-state index is -1.74. The highest BCUT2D eigenvalue weighted by Crippen LogP contribution is 2.21. The molecular formula is C8H17O4P. The SMILES string of the molecule is CCOC[PH](=O)CCC(=O)OCC. The summed E-state index contributed by atoms with van der Waals surface area (Å²) in [6, 6.07) is 0. The summed E-state index contributed by atoms with van der Waals surface area (Å²) < 4.78 is 20.8. The molecule has 0 saturated heterocycles. The summed E-state index contributed by atoms with van der Waals surface area (Å²) in [5.74, 6) is -0.280. The molecule has 0 heterocycles. The molecule has 0 aromatic heterocycles. The Bertz CT molecular complexity index is 170. The molecule has 4 nitrogen and oxygen atoms in total. The topological polar surface area (TPSA) is 52.6 Å². The molecule has 5 heteroatoms. The summed E-state index contributed by atoms with van der Waals surface area (Å²) in [6.07, 6.45) is 0.906. The van der Waals surface area contributed by atoms with Gasteiger partial charge in [-0.2, -0.15) is 0 Å². The Labute approximate surface area is 79.4 Å². The first-order chi connectivity index (χ1) is 6.20. The molecule has 0 rings (SSSR count). The van der Waals surface area contributed by atoms with Crippen LogP contribution in [0.25, 0.3) is 0 Å². The van der Waals surface area contributed by atoms with Crippen molar-refractivity contribution in [1.82, 2.24) is 0 Å². The summed E-state index contributed by atoms with van der Waals surface area (Å²) >= 11 is 0. The Morgan fingerprint density at radius 3 is 2.54 bits per heavy atom. The molecule has 0 aliphatic rings. The van der Waals surface area contributed by atoms with Gasteiger partial charge in [0.2, 0.25) is 0 Å². The van der Waals surface area contributed by atoms with Gasteiger partial charge in [0.05, 0.1) is 19.4 Å². The Hall–Kier alpha value is -0.340. The number of hydrogen-bond acceptors (Lipinski definition) is 4. The lowest BCUT2D eigenvalue weighted by Gasteiger charge is -2.02. The van der Waals surface area contributed by atoms with Gasteiger partial charge in [-0.15, -0.1) is 0 Å². The number of ether oxygens (including phenoxy) is 2. The molecule has 1 atom stereocenters. The monoisotopic (exact) mass is 208 g/mol. The predicted molar refractivity (Wildman–Crippen MR) is 51.6 cm³/mol. The first-order valence-corrected chi connectivity index (χ1v) is 6.28. The van der Waals surface area contributed by atoms with Crippen LogP contribution in [0.1, 0.15) is 20.3 Å². The van der Waals surface area contributed by atoms with Crippen molar-refractivity contribution in [2.24, 2.45) is 0 Å². The van der Waals surface area contributed by atoms with Gasteiger partial charge in [0.25, 0.3) is 0 Å². The maximum Gasteiger partial charge on any atom is 0.306 e. The van der Waals surface area contributed by atoms with E-state index in [1.807, 2.05) is 6.92 Å². The zero-order valence-electron chi connectivity index (χ0n) is 8.17. The van der Waals surface area contributed by atoms with Crippen molar-refractivity contribution >= 4 is 13.8 Å². The highest BCUT2D eigenvalue weighted by atomic mass is 31.1. The molecule has 0 fully saturated rings. The lowest BCUT2D eigenvalue weighted by atomic mass is 10.5. The third-order valence-electron chi connectivity index (χ3n) is 1.38. The molecule has 0 saturated carbocycles. The highest BCUT2D eigenvalue weighted by molar-refractivity contribution is 7.44. The number of carbonyl (C=O) groups is 1. The van der Waals surface area contributed by atoms with Crippen LogP contribution in [-0.4, -0.2) is 31.7 Å². The smallest absolute Gasteiger partial charge is 0.306 e. The predicted octanol–water partition coefficient (Wildman–Crippen LogP) is 1.49. The fraction of sp³-hybridized carbons (Fsp3) is 0.875. The second-order valence-electron chi connectivity index (χ2n) is 2.48. The van der Waals surface area contributed by atoms with E-state index in [9.17, 15) is 9.36 Å². The van der Waals surface area contributed by atoms with Crippen LogP contribution in [0, 0.1) is 0 Å². The van der Waals surface area contributed by atoms with Crippen LogP contribution in [0.5, 0.6) is 0 Å². The van der Waals surface area contributed by atoms with Crippen LogP contribution < -0.4 is 0 Å². The lowest BCUT2D eigenvalue weighted by Crippen LogP contribution is -2.05. The second-order valence-corrected chi connectivity index (χ2v) is 4.35. The molecule has 0 aliphatic heterocycles. The minimum absolute atomic E-state index is 0.235. The number of hydrogen-bond donors (Lipinski definition) is 0. The van der Waals surface area contributed by atoms with E-state index in [4.69, 9.17) is 9.47 Å². The largest absolute Gasteiger partial charge is 0.466 e. The fourth-order valence-corrected chi connectivity index (χ4v) is 1.82. The van der Waals surface area contributed by atoms with Gasteiger partial charge in [0.15, 0.2) is 0 Å². The Kier molecular flexibility index (Phi) is 8.05. The molecule has 0 aromatic rings. The van der Waals surface area contributed by atoms with E-state index in [0.717, 1.165) is 0 Å².